The number of hydrogen-bond donors (Lipinski definition) is 3. The molecule has 4 aromatic rings. The molecule has 0 unspecified atom stereocenters. The van der Waals surface area contributed by atoms with E-state index in [2.05, 4.69) is 10.4 Å². The predicted molar refractivity (Wildman–Crippen MR) is 102 cm³/mol. The number of nitrogens with two attached hydrogens (primary N) is 1. The molecule has 0 aliphatic rings. The summed E-state index contributed by atoms with van der Waals surface area (Å²) in [5.41, 5.74) is 6.19. The van der Waals surface area contributed by atoms with Gasteiger partial charge in [-0.3, -0.25) is 15.4 Å². The van der Waals surface area contributed by atoms with Crippen molar-refractivity contribution in [3.63, 3.8) is 0 Å². The fourth-order valence-corrected chi connectivity index (χ4v) is 3.05. The van der Waals surface area contributed by atoms with Gasteiger partial charge in [0.1, 0.15) is 5.82 Å². The van der Waals surface area contributed by atoms with Crippen LogP contribution in [-0.2, 0) is 0 Å². The van der Waals surface area contributed by atoms with Gasteiger partial charge in [-0.25, -0.2) is 15.2 Å². The van der Waals surface area contributed by atoms with Crippen molar-refractivity contribution in [2.75, 3.05) is 0 Å². The van der Waals surface area contributed by atoms with Gasteiger partial charge in [0.2, 0.25) is 12.4 Å². The fourth-order valence-electron chi connectivity index (χ4n) is 3.05. The molecule has 0 bridgehead atoms. The van der Waals surface area contributed by atoms with Crippen molar-refractivity contribution in [2.45, 2.75) is 0 Å². The number of rotatable bonds is 3. The second-order valence-electron chi connectivity index (χ2n) is 6.24. The molecule has 0 saturated heterocycles. The minimum Gasteiger partial charge on any atom is -0.290 e. The molecule has 0 spiro atoms. The third-order valence-electron chi connectivity index (χ3n) is 4.47. The molecule has 138 valence electrons. The Hall–Kier alpha value is -3.84. The number of carbonyl (C=O) groups excluding carboxylic acids is 1. The van der Waals surface area contributed by atoms with Crippen LogP contribution in [0.15, 0.2) is 73.1 Å². The number of nitrogen functional groups attached to an aromatic ring is 1. The minimum absolute atomic E-state index is 0.282. The Morgan fingerprint density at radius 3 is 2.25 bits per heavy atom. The Balaban J connectivity index is 1.79. The van der Waals surface area contributed by atoms with Crippen molar-refractivity contribution in [3.8, 4) is 22.4 Å². The zero-order valence-electron chi connectivity index (χ0n) is 14.6. The van der Waals surface area contributed by atoms with Crippen molar-refractivity contribution >= 4 is 16.8 Å². The highest BCUT2D eigenvalue weighted by Gasteiger charge is 2.16. The van der Waals surface area contributed by atoms with E-state index in [0.29, 0.717) is 22.2 Å². The molecule has 0 radical (unpaired) electrons. The molecule has 2 heterocycles. The maximum Gasteiger partial charge on any atom is 0.266 e. The monoisotopic (exact) mass is 375 g/mol. The average Bonchev–Trinajstić information content (AvgIpc) is 2.73. The number of benzene rings is 2. The van der Waals surface area contributed by atoms with Crippen LogP contribution in [0.5, 0.6) is 0 Å². The van der Waals surface area contributed by atoms with Crippen molar-refractivity contribution in [1.82, 2.24) is 10.4 Å². The van der Waals surface area contributed by atoms with E-state index < -0.39 is 5.91 Å². The number of halogens is 1. The van der Waals surface area contributed by atoms with Crippen molar-refractivity contribution in [3.05, 3.63) is 84.4 Å². The number of fused-ring (bicyclic) bond motifs is 1. The highest BCUT2D eigenvalue weighted by Crippen LogP contribution is 2.27. The molecule has 2 aromatic heterocycles. The molecule has 28 heavy (non-hydrogen) atoms. The van der Waals surface area contributed by atoms with E-state index in [4.69, 9.17) is 5.84 Å². The minimum atomic E-state index is -0.484. The molecule has 0 aliphatic heterocycles. The van der Waals surface area contributed by atoms with E-state index in [-0.39, 0.29) is 5.82 Å². The molecule has 4 N–H and O–H groups in total. The molecule has 0 fully saturated rings. The maximum atomic E-state index is 13.1. The number of aromatic nitrogens is 2. The van der Waals surface area contributed by atoms with Crippen LogP contribution in [0.2, 0.25) is 0 Å². The summed E-state index contributed by atoms with van der Waals surface area (Å²) in [5.74, 6) is 4.54. The lowest BCUT2D eigenvalue weighted by molar-refractivity contribution is -0.904. The largest absolute Gasteiger partial charge is 0.290 e. The van der Waals surface area contributed by atoms with Crippen LogP contribution >= 0.6 is 0 Å². The SMILES string of the molecule is NNC(=O)c1cc(-c2ccc(-c3ccc(F)cc3)cc2)nc2cc[n+](O)cc12. The molecule has 4 rings (SSSR count). The van der Waals surface area contributed by atoms with Crippen molar-refractivity contribution in [1.29, 1.82) is 0 Å². The first-order chi connectivity index (χ1) is 13.5. The molecule has 6 nitrogen and oxygen atoms in total. The van der Waals surface area contributed by atoms with Crippen LogP contribution in [0, 0.1) is 5.82 Å². The van der Waals surface area contributed by atoms with Gasteiger partial charge in [0.05, 0.1) is 22.2 Å². The number of pyridine rings is 2. The lowest BCUT2D eigenvalue weighted by Crippen LogP contribution is -2.32. The van der Waals surface area contributed by atoms with E-state index in [1.165, 1.54) is 24.5 Å². The van der Waals surface area contributed by atoms with Crippen LogP contribution in [0.3, 0.4) is 0 Å². The first-order valence-corrected chi connectivity index (χ1v) is 8.48. The number of nitrogens with zero attached hydrogens (tertiary/aromatic N) is 2. The summed E-state index contributed by atoms with van der Waals surface area (Å²) in [4.78, 5) is 16.8. The van der Waals surface area contributed by atoms with Crippen LogP contribution < -0.4 is 16.0 Å². The Kier molecular flexibility index (Phi) is 4.42. The summed E-state index contributed by atoms with van der Waals surface area (Å²) in [5, 5.41) is 10.1. The zero-order chi connectivity index (χ0) is 19.7. The topological polar surface area (TPSA) is 92.1 Å². The number of carbonyl (C=O) groups is 1. The second kappa shape index (κ2) is 7.05. The van der Waals surface area contributed by atoms with Gasteiger partial charge < -0.3 is 0 Å². The molecular formula is C21H16FN4O2+. The third kappa shape index (κ3) is 3.26. The first kappa shape index (κ1) is 17.6. The zero-order valence-corrected chi connectivity index (χ0v) is 14.6. The summed E-state index contributed by atoms with van der Waals surface area (Å²) in [6.45, 7) is 0. The van der Waals surface area contributed by atoms with Gasteiger partial charge in [0, 0.05) is 16.4 Å². The molecular weight excluding hydrogens is 359 g/mol. The Morgan fingerprint density at radius 2 is 1.61 bits per heavy atom. The lowest BCUT2D eigenvalue weighted by Gasteiger charge is -2.08. The summed E-state index contributed by atoms with van der Waals surface area (Å²) < 4.78 is 14.0. The quantitative estimate of drug-likeness (QED) is 0.169. The third-order valence-corrected chi connectivity index (χ3v) is 4.47. The van der Waals surface area contributed by atoms with Crippen molar-refractivity contribution in [2.24, 2.45) is 5.84 Å². The molecule has 1 amide bonds. The Bertz CT molecular complexity index is 1180. The Morgan fingerprint density at radius 1 is 1.00 bits per heavy atom. The van der Waals surface area contributed by atoms with Gasteiger partial charge in [0.15, 0.2) is 0 Å². The standard InChI is InChI=1S/C21H15FN4O2/c22-16-7-5-14(6-8-16)13-1-3-15(4-2-13)20-11-17(21(27)25-23)18-12-26(28)10-9-19(18)24-20/h1-12,23,27-28H/p+1. The van der Waals surface area contributed by atoms with Gasteiger partial charge >= 0.3 is 0 Å². The maximum absolute atomic E-state index is 13.1. The van der Waals surface area contributed by atoms with Gasteiger partial charge in [-0.05, 0) is 29.3 Å². The van der Waals surface area contributed by atoms with E-state index in [0.717, 1.165) is 21.4 Å². The van der Waals surface area contributed by atoms with E-state index in [9.17, 15) is 14.4 Å². The van der Waals surface area contributed by atoms with Crippen molar-refractivity contribution < 1.29 is 19.1 Å². The summed E-state index contributed by atoms with van der Waals surface area (Å²) >= 11 is 0. The molecule has 0 atom stereocenters. The van der Waals surface area contributed by atoms with Gasteiger partial charge in [0.25, 0.3) is 5.91 Å². The van der Waals surface area contributed by atoms with Gasteiger partial charge in [-0.2, -0.15) is 0 Å². The summed E-state index contributed by atoms with van der Waals surface area (Å²) in [6, 6.07) is 17.1. The molecule has 0 aliphatic carbocycles. The normalized spacial score (nSPS) is 10.8. The van der Waals surface area contributed by atoms with E-state index in [1.54, 1.807) is 24.3 Å². The smallest absolute Gasteiger partial charge is 0.266 e. The van der Waals surface area contributed by atoms with Crippen LogP contribution in [0.25, 0.3) is 33.3 Å². The summed E-state index contributed by atoms with van der Waals surface area (Å²) in [7, 11) is 0. The van der Waals surface area contributed by atoms with E-state index in [1.807, 2.05) is 24.3 Å². The highest BCUT2D eigenvalue weighted by atomic mass is 19.1. The molecule has 7 heteroatoms. The number of hydrazine groups is 1. The van der Waals surface area contributed by atoms with Crippen LogP contribution in [-0.4, -0.2) is 16.1 Å². The first-order valence-electron chi connectivity index (χ1n) is 8.48. The predicted octanol–water partition coefficient (Wildman–Crippen LogP) is 2.84. The number of amides is 1. The van der Waals surface area contributed by atoms with Gasteiger partial charge in [-0.1, -0.05) is 36.4 Å². The number of hydrogen-bond acceptors (Lipinski definition) is 4. The van der Waals surface area contributed by atoms with Crippen LogP contribution in [0.4, 0.5) is 4.39 Å². The molecule has 0 saturated carbocycles. The summed E-state index contributed by atoms with van der Waals surface area (Å²) in [6.07, 6.45) is 2.83. The highest BCUT2D eigenvalue weighted by molar-refractivity contribution is 6.06. The number of nitrogens with one attached hydrogen (secondary N) is 1. The lowest BCUT2D eigenvalue weighted by atomic mass is 10.0. The molecule has 2 aromatic carbocycles. The Labute approximate surface area is 159 Å². The fraction of sp³-hybridized carbons (Fsp3) is 0. The second-order valence-corrected chi connectivity index (χ2v) is 6.24. The van der Waals surface area contributed by atoms with Gasteiger partial charge in [-0.15, -0.1) is 0 Å². The van der Waals surface area contributed by atoms with Crippen LogP contribution in [0.1, 0.15) is 10.4 Å². The average molecular weight is 375 g/mol. The van der Waals surface area contributed by atoms with E-state index >= 15 is 0 Å².